The van der Waals surface area contributed by atoms with Gasteiger partial charge < -0.3 is 9.90 Å². The molecule has 0 radical (unpaired) electrons. The summed E-state index contributed by atoms with van der Waals surface area (Å²) in [6, 6.07) is 5.29. The van der Waals surface area contributed by atoms with Crippen molar-refractivity contribution in [1.29, 1.82) is 0 Å². The molecule has 6 nitrogen and oxygen atoms in total. The van der Waals surface area contributed by atoms with Crippen molar-refractivity contribution in [2.24, 2.45) is 11.8 Å². The molecule has 1 aromatic carbocycles. The molecule has 0 bridgehead atoms. The minimum Gasteiger partial charge on any atom is -0.506 e. The maximum absolute atomic E-state index is 11.6. The van der Waals surface area contributed by atoms with Gasteiger partial charge in [0.15, 0.2) is 0 Å². The van der Waals surface area contributed by atoms with Crippen molar-refractivity contribution in [2.45, 2.75) is 32.7 Å². The molecule has 2 saturated carbocycles. The number of benzene rings is 1. The maximum Gasteiger partial charge on any atom is 0.302 e. The largest absolute Gasteiger partial charge is 0.506 e. The highest BCUT2D eigenvalue weighted by Gasteiger charge is 2.44. The second-order valence-corrected chi connectivity index (χ2v) is 7.35. The SMILES string of the molecule is C.C1CC2CC12.O=CC1CN(c2ccccc2O)S(=O)(=O)N1. The van der Waals surface area contributed by atoms with Crippen LogP contribution in [0.2, 0.25) is 0 Å². The molecule has 2 N–H and O–H groups in total. The van der Waals surface area contributed by atoms with E-state index in [1.165, 1.54) is 24.0 Å². The lowest BCUT2D eigenvalue weighted by molar-refractivity contribution is -0.108. The van der Waals surface area contributed by atoms with Gasteiger partial charge in [-0.2, -0.15) is 13.1 Å². The standard InChI is InChI=1S/C9H10N2O4S.C5H8.CH4/c12-6-7-5-11(16(14,15)10-7)8-3-1-2-4-9(8)13;1-2-5-3-4(1)5;/h1-4,6-7,10,13H,5H2;4-5H,1-3H2;1H4. The molecule has 3 aliphatic rings. The summed E-state index contributed by atoms with van der Waals surface area (Å²) in [5.41, 5.74) is 0.166. The number of aromatic hydroxyl groups is 1. The molecule has 1 aliphatic heterocycles. The Morgan fingerprint density at radius 1 is 1.23 bits per heavy atom. The number of aldehydes is 1. The number of rotatable bonds is 2. The molecule has 0 spiro atoms. The van der Waals surface area contributed by atoms with Crippen LogP contribution in [-0.4, -0.2) is 32.4 Å². The second-order valence-electron chi connectivity index (χ2n) is 5.72. The molecule has 22 heavy (non-hydrogen) atoms. The molecule has 1 heterocycles. The third-order valence-corrected chi connectivity index (χ3v) is 5.77. The van der Waals surface area contributed by atoms with Crippen molar-refractivity contribution in [3.63, 3.8) is 0 Å². The normalized spacial score (nSPS) is 30.0. The molecule has 0 aromatic heterocycles. The highest BCUT2D eigenvalue weighted by atomic mass is 32.2. The summed E-state index contributed by atoms with van der Waals surface area (Å²) in [6.07, 6.45) is 5.23. The number of nitrogens with one attached hydrogen (secondary N) is 1. The number of carbonyl (C=O) groups is 1. The van der Waals surface area contributed by atoms with Crippen LogP contribution in [0.25, 0.3) is 0 Å². The monoisotopic (exact) mass is 326 g/mol. The summed E-state index contributed by atoms with van der Waals surface area (Å²) in [4.78, 5) is 10.5. The Bertz CT molecular complexity index is 635. The van der Waals surface area contributed by atoms with Gasteiger partial charge in [-0.25, -0.2) is 0 Å². The first-order chi connectivity index (χ1) is 10.0. The molecule has 3 atom stereocenters. The van der Waals surface area contributed by atoms with E-state index in [1.807, 2.05) is 0 Å². The van der Waals surface area contributed by atoms with Crippen LogP contribution in [0, 0.1) is 11.8 Å². The van der Waals surface area contributed by atoms with Crippen LogP contribution in [-0.2, 0) is 15.0 Å². The zero-order chi connectivity index (χ0) is 15.0. The number of hydrogen-bond donors (Lipinski definition) is 2. The fourth-order valence-corrected chi connectivity index (χ4v) is 4.14. The van der Waals surface area contributed by atoms with Crippen molar-refractivity contribution in [1.82, 2.24) is 4.72 Å². The van der Waals surface area contributed by atoms with Crippen molar-refractivity contribution in [3.8, 4) is 5.75 Å². The maximum atomic E-state index is 11.6. The van der Waals surface area contributed by atoms with Gasteiger partial charge in [-0.15, -0.1) is 0 Å². The Labute approximate surface area is 131 Å². The molecule has 1 saturated heterocycles. The average Bonchev–Trinajstić information content (AvgIpc) is 2.89. The molecule has 3 fully saturated rings. The second kappa shape index (κ2) is 6.26. The third-order valence-electron chi connectivity index (χ3n) is 4.24. The Hall–Kier alpha value is -1.60. The minimum atomic E-state index is -3.73. The summed E-state index contributed by atoms with van der Waals surface area (Å²) in [5, 5.41) is 9.54. The van der Waals surface area contributed by atoms with E-state index in [2.05, 4.69) is 4.72 Å². The van der Waals surface area contributed by atoms with Gasteiger partial charge in [0.25, 0.3) is 0 Å². The van der Waals surface area contributed by atoms with Crippen LogP contribution in [0.1, 0.15) is 26.7 Å². The number of phenols is 1. The highest BCUT2D eigenvalue weighted by molar-refractivity contribution is 7.91. The van der Waals surface area contributed by atoms with Gasteiger partial charge in [0.1, 0.15) is 12.0 Å². The Balaban J connectivity index is 0.000000244. The number of anilines is 1. The van der Waals surface area contributed by atoms with Crippen LogP contribution >= 0.6 is 0 Å². The fourth-order valence-electron chi connectivity index (χ4n) is 2.73. The van der Waals surface area contributed by atoms with Gasteiger partial charge in [0.05, 0.1) is 18.3 Å². The quantitative estimate of drug-likeness (QED) is 0.809. The van der Waals surface area contributed by atoms with Gasteiger partial charge in [-0.1, -0.05) is 19.6 Å². The van der Waals surface area contributed by atoms with Gasteiger partial charge in [-0.3, -0.25) is 4.31 Å². The Morgan fingerprint density at radius 2 is 1.86 bits per heavy atom. The van der Waals surface area contributed by atoms with Crippen LogP contribution in [0.15, 0.2) is 24.3 Å². The zero-order valence-corrected chi connectivity index (χ0v) is 12.3. The smallest absolute Gasteiger partial charge is 0.302 e. The topological polar surface area (TPSA) is 86.7 Å². The van der Waals surface area contributed by atoms with Crippen LogP contribution < -0.4 is 9.03 Å². The highest BCUT2D eigenvalue weighted by Crippen LogP contribution is 2.55. The summed E-state index contributed by atoms with van der Waals surface area (Å²) in [5.74, 6) is 2.32. The van der Waals surface area contributed by atoms with Gasteiger partial charge in [0, 0.05) is 0 Å². The first kappa shape index (κ1) is 16.8. The molecule has 122 valence electrons. The van der Waals surface area contributed by atoms with Crippen molar-refractivity contribution in [3.05, 3.63) is 24.3 Å². The first-order valence-corrected chi connectivity index (χ1v) is 8.48. The molecule has 4 rings (SSSR count). The number of carbonyl (C=O) groups excluding carboxylic acids is 1. The van der Waals surface area contributed by atoms with E-state index in [1.54, 1.807) is 31.4 Å². The van der Waals surface area contributed by atoms with E-state index in [9.17, 15) is 18.3 Å². The van der Waals surface area contributed by atoms with Crippen molar-refractivity contribution in [2.75, 3.05) is 10.8 Å². The van der Waals surface area contributed by atoms with Gasteiger partial charge in [-0.05, 0) is 43.2 Å². The predicted molar refractivity (Wildman–Crippen MR) is 84.9 cm³/mol. The Morgan fingerprint density at radius 3 is 2.27 bits per heavy atom. The summed E-state index contributed by atoms with van der Waals surface area (Å²) in [6.45, 7) is -0.0105. The van der Waals surface area contributed by atoms with E-state index in [4.69, 9.17) is 0 Å². The third kappa shape index (κ3) is 3.25. The van der Waals surface area contributed by atoms with Gasteiger partial charge in [0.2, 0.25) is 0 Å². The molecular weight excluding hydrogens is 304 g/mol. The molecule has 1 aromatic rings. The minimum absolute atomic E-state index is 0. The molecule has 0 amide bonds. The average molecular weight is 326 g/mol. The molecular formula is C15H22N2O4S. The lowest BCUT2D eigenvalue weighted by Crippen LogP contribution is -2.30. The number of fused-ring (bicyclic) bond motifs is 1. The lowest BCUT2D eigenvalue weighted by Gasteiger charge is -2.16. The van der Waals surface area contributed by atoms with Gasteiger partial charge >= 0.3 is 10.2 Å². The van der Waals surface area contributed by atoms with E-state index >= 15 is 0 Å². The number of para-hydroxylation sites is 2. The summed E-state index contributed by atoms with van der Waals surface area (Å²) in [7, 11) is -3.73. The summed E-state index contributed by atoms with van der Waals surface area (Å²) < 4.78 is 26.4. The predicted octanol–water partition coefficient (Wildman–Crippen LogP) is 1.67. The van der Waals surface area contributed by atoms with Crippen LogP contribution in [0.5, 0.6) is 5.75 Å². The van der Waals surface area contributed by atoms with E-state index in [-0.39, 0.29) is 25.4 Å². The number of phenolic OH excluding ortho intramolecular Hbond substituents is 1. The number of hydrogen-bond acceptors (Lipinski definition) is 4. The molecule has 7 heteroatoms. The zero-order valence-electron chi connectivity index (χ0n) is 11.5. The van der Waals surface area contributed by atoms with Crippen molar-refractivity contribution < 1.29 is 18.3 Å². The molecule has 2 aliphatic carbocycles. The first-order valence-electron chi connectivity index (χ1n) is 7.04. The van der Waals surface area contributed by atoms with E-state index < -0.39 is 16.3 Å². The number of nitrogens with zero attached hydrogens (tertiary/aromatic N) is 1. The van der Waals surface area contributed by atoms with Crippen LogP contribution in [0.4, 0.5) is 5.69 Å². The fraction of sp³-hybridized carbons (Fsp3) is 0.533. The van der Waals surface area contributed by atoms with E-state index in [0.29, 0.717) is 6.29 Å². The van der Waals surface area contributed by atoms with E-state index in [0.717, 1.165) is 4.31 Å². The summed E-state index contributed by atoms with van der Waals surface area (Å²) >= 11 is 0. The Kier molecular flexibility index (Phi) is 4.77. The van der Waals surface area contributed by atoms with Crippen LogP contribution in [0.3, 0.4) is 0 Å². The van der Waals surface area contributed by atoms with Crippen molar-refractivity contribution >= 4 is 22.2 Å². The molecule has 3 unspecified atom stereocenters. The lowest BCUT2D eigenvalue weighted by atomic mass is 10.0.